The first-order chi connectivity index (χ1) is 13.5. The van der Waals surface area contributed by atoms with E-state index in [2.05, 4.69) is 32.9 Å². The molecule has 1 aliphatic carbocycles. The van der Waals surface area contributed by atoms with Gasteiger partial charge in [-0.25, -0.2) is 0 Å². The molecular formula is C24H33O2PS. The van der Waals surface area contributed by atoms with Crippen LogP contribution < -0.4 is 5.30 Å². The van der Waals surface area contributed by atoms with Crippen molar-refractivity contribution in [2.75, 3.05) is 11.9 Å². The molecule has 0 aromatic heterocycles. The summed E-state index contributed by atoms with van der Waals surface area (Å²) in [4.78, 5) is 1.22. The van der Waals surface area contributed by atoms with Crippen LogP contribution in [0.15, 0.2) is 65.6 Å². The zero-order valence-corrected chi connectivity index (χ0v) is 19.0. The van der Waals surface area contributed by atoms with Crippen LogP contribution in [0.1, 0.15) is 40.0 Å². The second-order valence-corrected chi connectivity index (χ2v) is 12.1. The van der Waals surface area contributed by atoms with E-state index in [0.29, 0.717) is 23.9 Å². The van der Waals surface area contributed by atoms with Crippen LogP contribution in [0.5, 0.6) is 0 Å². The standard InChI is InChI=1S/C24H33O2PS/c1-19(2)23-15-14-20(3)18-24(23)26-27(25,21-10-6-4-7-11-21)16-17-28-22-12-8-5-9-13-22/h4-13,19-20,23-24H,14-18H2,1-3H3/t20-,23+,24-,27+/m1/s1. The molecule has 1 fully saturated rings. The summed E-state index contributed by atoms with van der Waals surface area (Å²) >= 11 is 1.76. The minimum atomic E-state index is -2.90. The number of benzene rings is 2. The molecule has 2 aromatic carbocycles. The summed E-state index contributed by atoms with van der Waals surface area (Å²) in [6, 6.07) is 20.2. The second-order valence-electron chi connectivity index (χ2n) is 8.36. The van der Waals surface area contributed by atoms with Gasteiger partial charge >= 0.3 is 0 Å². The average molecular weight is 417 g/mol. The topological polar surface area (TPSA) is 26.3 Å². The second kappa shape index (κ2) is 10.1. The maximum absolute atomic E-state index is 14.1. The lowest BCUT2D eigenvalue weighted by atomic mass is 9.75. The summed E-state index contributed by atoms with van der Waals surface area (Å²) < 4.78 is 20.7. The van der Waals surface area contributed by atoms with Gasteiger partial charge in [0.1, 0.15) is 0 Å². The van der Waals surface area contributed by atoms with Crippen molar-refractivity contribution < 1.29 is 9.09 Å². The van der Waals surface area contributed by atoms with Crippen molar-refractivity contribution in [3.8, 4) is 0 Å². The number of hydrogen-bond donors (Lipinski definition) is 0. The Hall–Kier alpha value is -1.02. The highest BCUT2D eigenvalue weighted by atomic mass is 32.2. The fourth-order valence-electron chi connectivity index (χ4n) is 4.15. The van der Waals surface area contributed by atoms with Crippen molar-refractivity contribution in [3.63, 3.8) is 0 Å². The number of rotatable bonds is 8. The van der Waals surface area contributed by atoms with Gasteiger partial charge in [-0.2, -0.15) is 0 Å². The molecule has 0 unspecified atom stereocenters. The van der Waals surface area contributed by atoms with Crippen LogP contribution in [0.3, 0.4) is 0 Å². The molecule has 3 rings (SSSR count). The molecule has 1 saturated carbocycles. The molecule has 2 aromatic rings. The van der Waals surface area contributed by atoms with Crippen molar-refractivity contribution in [2.45, 2.75) is 51.0 Å². The van der Waals surface area contributed by atoms with Crippen LogP contribution in [0, 0.1) is 17.8 Å². The molecule has 0 heterocycles. The molecule has 0 radical (unpaired) electrons. The van der Waals surface area contributed by atoms with Crippen molar-refractivity contribution in [2.24, 2.45) is 17.8 Å². The Labute approximate surface area is 174 Å². The average Bonchev–Trinajstić information content (AvgIpc) is 2.69. The van der Waals surface area contributed by atoms with Crippen LogP contribution in [-0.4, -0.2) is 18.0 Å². The molecule has 0 amide bonds. The Balaban J connectivity index is 1.77. The van der Waals surface area contributed by atoms with Gasteiger partial charge in [0.2, 0.25) is 7.37 Å². The Kier molecular flexibility index (Phi) is 7.85. The van der Waals surface area contributed by atoms with Crippen molar-refractivity contribution in [3.05, 3.63) is 60.7 Å². The summed E-state index contributed by atoms with van der Waals surface area (Å²) in [5, 5.41) is 0.865. The van der Waals surface area contributed by atoms with Crippen molar-refractivity contribution in [1.29, 1.82) is 0 Å². The van der Waals surface area contributed by atoms with Gasteiger partial charge in [0, 0.05) is 22.1 Å². The van der Waals surface area contributed by atoms with Crippen LogP contribution in [-0.2, 0) is 9.09 Å². The van der Waals surface area contributed by atoms with E-state index in [9.17, 15) is 4.57 Å². The predicted octanol–water partition coefficient (Wildman–Crippen LogP) is 6.86. The Morgan fingerprint density at radius 2 is 1.68 bits per heavy atom. The van der Waals surface area contributed by atoms with E-state index in [1.165, 1.54) is 17.7 Å². The molecule has 28 heavy (non-hydrogen) atoms. The van der Waals surface area contributed by atoms with E-state index in [4.69, 9.17) is 4.52 Å². The van der Waals surface area contributed by atoms with Gasteiger partial charge in [-0.3, -0.25) is 4.57 Å². The number of thioether (sulfide) groups is 1. The van der Waals surface area contributed by atoms with Gasteiger partial charge in [0.15, 0.2) is 0 Å². The maximum atomic E-state index is 14.1. The van der Waals surface area contributed by atoms with Gasteiger partial charge in [-0.1, -0.05) is 63.6 Å². The normalized spacial score (nSPS) is 24.8. The predicted molar refractivity (Wildman–Crippen MR) is 122 cm³/mol. The van der Waals surface area contributed by atoms with Gasteiger partial charge < -0.3 is 4.52 Å². The summed E-state index contributed by atoms with van der Waals surface area (Å²) in [6.07, 6.45) is 4.12. The minimum absolute atomic E-state index is 0.0940. The molecule has 0 spiro atoms. The molecule has 4 heteroatoms. The molecule has 0 bridgehead atoms. The van der Waals surface area contributed by atoms with Gasteiger partial charge in [-0.05, 0) is 54.9 Å². The molecule has 1 aliphatic rings. The highest BCUT2D eigenvalue weighted by molar-refractivity contribution is 7.99. The molecule has 152 valence electrons. The van der Waals surface area contributed by atoms with E-state index in [0.717, 1.165) is 17.5 Å². The molecule has 0 aliphatic heterocycles. The quantitative estimate of drug-likeness (QED) is 0.347. The summed E-state index contributed by atoms with van der Waals surface area (Å²) in [5.41, 5.74) is 0. The first kappa shape index (κ1) is 21.7. The summed E-state index contributed by atoms with van der Waals surface area (Å²) in [5.74, 6) is 2.49. The van der Waals surface area contributed by atoms with Crippen LogP contribution in [0.25, 0.3) is 0 Å². The summed E-state index contributed by atoms with van der Waals surface area (Å²) in [7, 11) is -2.90. The minimum Gasteiger partial charge on any atom is -0.322 e. The lowest BCUT2D eigenvalue weighted by molar-refractivity contribution is 0.0500. The van der Waals surface area contributed by atoms with Crippen LogP contribution in [0.2, 0.25) is 0 Å². The lowest BCUT2D eigenvalue weighted by Crippen LogP contribution is -2.35. The van der Waals surface area contributed by atoms with E-state index < -0.39 is 7.37 Å². The van der Waals surface area contributed by atoms with E-state index >= 15 is 0 Å². The van der Waals surface area contributed by atoms with E-state index in [-0.39, 0.29) is 6.10 Å². The SMILES string of the molecule is CC(C)[C@@H]1CC[C@@H](C)C[C@H]1O[P@@](=O)(CCSc1ccccc1)c1ccccc1. The molecule has 0 N–H and O–H groups in total. The highest BCUT2D eigenvalue weighted by Gasteiger charge is 2.37. The molecule has 4 atom stereocenters. The van der Waals surface area contributed by atoms with Gasteiger partial charge in [0.05, 0.1) is 6.10 Å². The molecular weight excluding hydrogens is 383 g/mol. The maximum Gasteiger partial charge on any atom is 0.233 e. The van der Waals surface area contributed by atoms with Crippen LogP contribution in [0.4, 0.5) is 0 Å². The largest absolute Gasteiger partial charge is 0.322 e. The third-order valence-corrected chi connectivity index (χ3v) is 9.64. The zero-order valence-electron chi connectivity index (χ0n) is 17.3. The third kappa shape index (κ3) is 5.75. The van der Waals surface area contributed by atoms with Crippen molar-refractivity contribution in [1.82, 2.24) is 0 Å². The smallest absolute Gasteiger partial charge is 0.233 e. The number of hydrogen-bond acceptors (Lipinski definition) is 3. The Bertz CT molecular complexity index is 763. The van der Waals surface area contributed by atoms with E-state index in [1.807, 2.05) is 48.5 Å². The zero-order chi connectivity index (χ0) is 20.0. The fourth-order valence-corrected chi connectivity index (χ4v) is 7.86. The Morgan fingerprint density at radius 3 is 2.32 bits per heavy atom. The first-order valence-electron chi connectivity index (χ1n) is 10.5. The first-order valence-corrected chi connectivity index (χ1v) is 13.3. The van der Waals surface area contributed by atoms with Crippen molar-refractivity contribution >= 4 is 24.4 Å². The fraction of sp³-hybridized carbons (Fsp3) is 0.500. The molecule has 0 saturated heterocycles. The van der Waals surface area contributed by atoms with E-state index in [1.54, 1.807) is 11.8 Å². The summed E-state index contributed by atoms with van der Waals surface area (Å²) in [6.45, 7) is 6.84. The molecule has 2 nitrogen and oxygen atoms in total. The monoisotopic (exact) mass is 416 g/mol. The lowest BCUT2D eigenvalue weighted by Gasteiger charge is -2.39. The van der Waals surface area contributed by atoms with Gasteiger partial charge in [-0.15, -0.1) is 11.8 Å². The van der Waals surface area contributed by atoms with Gasteiger partial charge in [0.25, 0.3) is 0 Å². The highest BCUT2D eigenvalue weighted by Crippen LogP contribution is 2.51. The van der Waals surface area contributed by atoms with Crippen LogP contribution >= 0.6 is 19.1 Å². The third-order valence-electron chi connectivity index (χ3n) is 5.81. The Morgan fingerprint density at radius 1 is 1.04 bits per heavy atom.